The predicted octanol–water partition coefficient (Wildman–Crippen LogP) is 5.10. The third-order valence-electron chi connectivity index (χ3n) is 6.38. The summed E-state index contributed by atoms with van der Waals surface area (Å²) in [4.78, 5) is 15.3. The Kier molecular flexibility index (Phi) is 7.34. The fraction of sp³-hybridized carbons (Fsp3) is 0.500. The molecule has 0 saturated carbocycles. The molecule has 34 heavy (non-hydrogen) atoms. The van der Waals surface area contributed by atoms with Gasteiger partial charge in [-0.05, 0) is 103 Å². The summed E-state index contributed by atoms with van der Waals surface area (Å²) >= 11 is 0. The van der Waals surface area contributed by atoms with Gasteiger partial charge in [0.1, 0.15) is 0 Å². The van der Waals surface area contributed by atoms with Crippen LogP contribution in [0.5, 0.6) is 0 Å². The predicted molar refractivity (Wildman–Crippen MR) is 139 cm³/mol. The second kappa shape index (κ2) is 9.58. The Balaban J connectivity index is 1.76. The number of amides is 1. The van der Waals surface area contributed by atoms with Gasteiger partial charge in [0, 0.05) is 29.2 Å². The van der Waals surface area contributed by atoms with E-state index < -0.39 is 14.8 Å². The molecule has 0 aromatic heterocycles. The lowest BCUT2D eigenvalue weighted by Crippen LogP contribution is -2.52. The van der Waals surface area contributed by atoms with Crippen LogP contribution in [0, 0.1) is 13.8 Å². The van der Waals surface area contributed by atoms with Gasteiger partial charge in [-0.2, -0.15) is 0 Å². The number of anilines is 3. The standard InChI is InChI=1S/C26H37N3O4S/c1-16-14-24(29-15-18(3)33-20(5)19(29)4)17(2)13-23(16)27-25(30)21-9-11-22(12-10-21)28-34(31,32)26(6,7)8/h9-14,18-20,28H,15H2,1-8H3,(H,27,30). The number of rotatable bonds is 5. The molecule has 1 aliphatic rings. The van der Waals surface area contributed by atoms with Crippen LogP contribution in [0.15, 0.2) is 36.4 Å². The Hall–Kier alpha value is -2.58. The Morgan fingerprint density at radius 1 is 1.03 bits per heavy atom. The maximum absolute atomic E-state index is 12.9. The number of carbonyl (C=O) groups excluding carboxylic acids is 1. The lowest BCUT2D eigenvalue weighted by Gasteiger charge is -2.43. The number of sulfonamides is 1. The van der Waals surface area contributed by atoms with Crippen LogP contribution in [0.3, 0.4) is 0 Å². The highest BCUT2D eigenvalue weighted by atomic mass is 32.2. The molecule has 3 rings (SSSR count). The van der Waals surface area contributed by atoms with E-state index in [9.17, 15) is 13.2 Å². The summed E-state index contributed by atoms with van der Waals surface area (Å²) in [5.41, 5.74) is 4.84. The van der Waals surface area contributed by atoms with Crippen molar-refractivity contribution in [2.24, 2.45) is 0 Å². The van der Waals surface area contributed by atoms with Crippen LogP contribution in [0.25, 0.3) is 0 Å². The van der Waals surface area contributed by atoms with Gasteiger partial charge in [0.25, 0.3) is 5.91 Å². The molecular weight excluding hydrogens is 450 g/mol. The van der Waals surface area contributed by atoms with Crippen molar-refractivity contribution in [3.05, 3.63) is 53.1 Å². The second-order valence-electron chi connectivity index (χ2n) is 10.2. The Bertz CT molecular complexity index is 1150. The molecule has 1 heterocycles. The number of morpholine rings is 1. The normalized spacial score (nSPS) is 21.3. The summed E-state index contributed by atoms with van der Waals surface area (Å²) in [7, 11) is -3.53. The van der Waals surface area contributed by atoms with Crippen LogP contribution in [-0.2, 0) is 14.8 Å². The van der Waals surface area contributed by atoms with Gasteiger partial charge < -0.3 is 15.0 Å². The van der Waals surface area contributed by atoms with Crippen molar-refractivity contribution in [3.8, 4) is 0 Å². The fourth-order valence-corrected chi connectivity index (χ4v) is 4.73. The van der Waals surface area contributed by atoms with E-state index in [1.807, 2.05) is 13.0 Å². The van der Waals surface area contributed by atoms with Crippen LogP contribution >= 0.6 is 0 Å². The van der Waals surface area contributed by atoms with Gasteiger partial charge in [0.2, 0.25) is 10.0 Å². The van der Waals surface area contributed by atoms with Crippen LogP contribution < -0.4 is 14.9 Å². The molecule has 2 aromatic rings. The minimum atomic E-state index is -3.53. The monoisotopic (exact) mass is 487 g/mol. The van der Waals surface area contributed by atoms with Crippen molar-refractivity contribution < 1.29 is 17.9 Å². The maximum atomic E-state index is 12.9. The zero-order valence-corrected chi connectivity index (χ0v) is 22.2. The van der Waals surface area contributed by atoms with Gasteiger partial charge in [-0.1, -0.05) is 0 Å². The number of nitrogens with zero attached hydrogens (tertiary/aromatic N) is 1. The van der Waals surface area contributed by atoms with Crippen molar-refractivity contribution >= 4 is 33.0 Å². The Morgan fingerprint density at radius 2 is 1.65 bits per heavy atom. The number of ether oxygens (including phenoxy) is 1. The molecule has 1 fully saturated rings. The highest BCUT2D eigenvalue weighted by molar-refractivity contribution is 7.94. The number of aryl methyl sites for hydroxylation is 2. The molecule has 0 radical (unpaired) electrons. The van der Waals surface area contributed by atoms with Crippen LogP contribution in [0.2, 0.25) is 0 Å². The average Bonchev–Trinajstić information content (AvgIpc) is 2.72. The second-order valence-corrected chi connectivity index (χ2v) is 12.7. The van der Waals surface area contributed by atoms with E-state index >= 15 is 0 Å². The number of nitrogens with one attached hydrogen (secondary N) is 2. The molecule has 7 nitrogen and oxygen atoms in total. The fourth-order valence-electron chi connectivity index (χ4n) is 3.97. The summed E-state index contributed by atoms with van der Waals surface area (Å²) < 4.78 is 32.3. The summed E-state index contributed by atoms with van der Waals surface area (Å²) in [6, 6.07) is 10.8. The van der Waals surface area contributed by atoms with Crippen molar-refractivity contribution in [3.63, 3.8) is 0 Å². The van der Waals surface area contributed by atoms with Crippen LogP contribution in [0.4, 0.5) is 17.1 Å². The molecule has 1 amide bonds. The highest BCUT2D eigenvalue weighted by Gasteiger charge is 2.31. The summed E-state index contributed by atoms with van der Waals surface area (Å²) in [6.45, 7) is 16.1. The molecule has 1 saturated heterocycles. The quantitative estimate of drug-likeness (QED) is 0.613. The first-order valence-electron chi connectivity index (χ1n) is 11.7. The van der Waals surface area contributed by atoms with Gasteiger partial charge in [-0.15, -0.1) is 0 Å². The summed E-state index contributed by atoms with van der Waals surface area (Å²) in [5, 5.41) is 3.00. The van der Waals surface area contributed by atoms with Crippen LogP contribution in [-0.4, -0.2) is 43.9 Å². The lowest BCUT2D eigenvalue weighted by atomic mass is 10.0. The van der Waals surface area contributed by atoms with Crippen LogP contribution in [0.1, 0.15) is 63.0 Å². The molecule has 2 N–H and O–H groups in total. The van der Waals surface area contributed by atoms with E-state index in [2.05, 4.69) is 48.7 Å². The van der Waals surface area contributed by atoms with Gasteiger partial charge >= 0.3 is 0 Å². The minimum Gasteiger partial charge on any atom is -0.372 e. The minimum absolute atomic E-state index is 0.138. The zero-order valence-electron chi connectivity index (χ0n) is 21.4. The largest absolute Gasteiger partial charge is 0.372 e. The van der Waals surface area contributed by atoms with E-state index in [4.69, 9.17) is 4.74 Å². The van der Waals surface area contributed by atoms with E-state index in [0.717, 1.165) is 29.0 Å². The van der Waals surface area contributed by atoms with E-state index in [-0.39, 0.29) is 24.2 Å². The third kappa shape index (κ3) is 5.55. The lowest BCUT2D eigenvalue weighted by molar-refractivity contribution is -0.0258. The third-order valence-corrected chi connectivity index (χ3v) is 8.49. The van der Waals surface area contributed by atoms with Gasteiger partial charge in [0.15, 0.2) is 0 Å². The smallest absolute Gasteiger partial charge is 0.255 e. The molecule has 3 atom stereocenters. The van der Waals surface area contributed by atoms with E-state index in [1.165, 1.54) is 0 Å². The van der Waals surface area contributed by atoms with Gasteiger partial charge in [-0.25, -0.2) is 8.42 Å². The zero-order chi connectivity index (χ0) is 25.4. The number of carbonyl (C=O) groups is 1. The molecule has 0 aliphatic carbocycles. The topological polar surface area (TPSA) is 87.7 Å². The number of hydrogen-bond donors (Lipinski definition) is 2. The Labute approximate surface area is 203 Å². The van der Waals surface area contributed by atoms with Crippen molar-refractivity contribution in [1.29, 1.82) is 0 Å². The summed E-state index contributed by atoms with van der Waals surface area (Å²) in [5.74, 6) is -0.248. The highest BCUT2D eigenvalue weighted by Crippen LogP contribution is 2.32. The molecule has 1 aliphatic heterocycles. The first kappa shape index (κ1) is 26.0. The molecule has 186 valence electrons. The molecular formula is C26H37N3O4S. The van der Waals surface area contributed by atoms with E-state index in [1.54, 1.807) is 45.0 Å². The average molecular weight is 488 g/mol. The Morgan fingerprint density at radius 3 is 2.24 bits per heavy atom. The van der Waals surface area contributed by atoms with E-state index in [0.29, 0.717) is 11.3 Å². The molecule has 8 heteroatoms. The van der Waals surface area contributed by atoms with Crippen molar-refractivity contribution in [2.45, 2.75) is 78.4 Å². The first-order chi connectivity index (χ1) is 15.7. The number of hydrogen-bond acceptors (Lipinski definition) is 5. The van der Waals surface area contributed by atoms with Crippen molar-refractivity contribution in [1.82, 2.24) is 0 Å². The molecule has 0 spiro atoms. The first-order valence-corrected chi connectivity index (χ1v) is 13.1. The molecule has 3 unspecified atom stereocenters. The SMILES string of the molecule is Cc1cc(N2CC(C)OC(C)C2C)c(C)cc1NC(=O)c1ccc(NS(=O)(=O)C(C)(C)C)cc1. The maximum Gasteiger partial charge on any atom is 0.255 e. The summed E-state index contributed by atoms with van der Waals surface area (Å²) in [6.07, 6.45) is 0.291. The van der Waals surface area contributed by atoms with Crippen molar-refractivity contribution in [2.75, 3.05) is 21.5 Å². The number of benzene rings is 2. The van der Waals surface area contributed by atoms with Gasteiger partial charge in [0.05, 0.1) is 23.0 Å². The molecule has 0 bridgehead atoms. The molecule has 2 aromatic carbocycles. The van der Waals surface area contributed by atoms with Gasteiger partial charge in [-0.3, -0.25) is 9.52 Å².